The predicted molar refractivity (Wildman–Crippen MR) is 111 cm³/mol. The zero-order chi connectivity index (χ0) is 19.4. The molecular formula is C23H22N4O. The van der Waals surface area contributed by atoms with Crippen molar-refractivity contribution in [1.29, 1.82) is 0 Å². The fraction of sp³-hybridized carbons (Fsp3) is 0.130. The number of carbonyl (C=O) groups is 1. The molecule has 5 nitrogen and oxygen atoms in total. The summed E-state index contributed by atoms with van der Waals surface area (Å²) in [6, 6.07) is 29.2. The summed E-state index contributed by atoms with van der Waals surface area (Å²) < 4.78 is 0. The van der Waals surface area contributed by atoms with Crippen molar-refractivity contribution in [1.82, 2.24) is 16.2 Å². The summed E-state index contributed by atoms with van der Waals surface area (Å²) in [7, 11) is 0. The van der Waals surface area contributed by atoms with Crippen molar-refractivity contribution >= 4 is 11.6 Å². The van der Waals surface area contributed by atoms with E-state index in [1.165, 1.54) is 0 Å². The van der Waals surface area contributed by atoms with Gasteiger partial charge >= 0.3 is 0 Å². The highest BCUT2D eigenvalue weighted by Crippen LogP contribution is 2.29. The largest absolute Gasteiger partial charge is 0.286 e. The van der Waals surface area contributed by atoms with Crippen LogP contribution in [0.4, 0.5) is 0 Å². The molecule has 2 unspecified atom stereocenters. The van der Waals surface area contributed by atoms with Crippen molar-refractivity contribution in [2.75, 3.05) is 0 Å². The molecule has 0 radical (unpaired) electrons. The molecular weight excluding hydrogens is 348 g/mol. The van der Waals surface area contributed by atoms with Crippen LogP contribution in [-0.2, 0) is 5.66 Å². The van der Waals surface area contributed by atoms with Crippen LogP contribution < -0.4 is 16.2 Å². The van der Waals surface area contributed by atoms with E-state index in [4.69, 9.17) is 4.99 Å². The Hall–Kier alpha value is -3.28. The predicted octanol–water partition coefficient (Wildman–Crippen LogP) is 3.21. The first-order chi connectivity index (χ1) is 13.7. The van der Waals surface area contributed by atoms with E-state index in [0.29, 0.717) is 5.56 Å². The quantitative estimate of drug-likeness (QED) is 0.604. The van der Waals surface area contributed by atoms with Crippen molar-refractivity contribution in [2.24, 2.45) is 4.99 Å². The molecule has 0 aliphatic carbocycles. The minimum Gasteiger partial charge on any atom is -0.286 e. The smallest absolute Gasteiger partial charge is 0.265 e. The first-order valence-corrected chi connectivity index (χ1v) is 9.25. The highest BCUT2D eigenvalue weighted by atomic mass is 16.2. The molecule has 0 spiro atoms. The molecule has 0 saturated heterocycles. The lowest BCUT2D eigenvalue weighted by molar-refractivity contribution is 0.0925. The number of hydrazine groups is 1. The Morgan fingerprint density at radius 2 is 1.46 bits per heavy atom. The number of hydrogen-bond acceptors (Lipinski definition) is 4. The number of rotatable bonds is 5. The Bertz CT molecular complexity index is 973. The van der Waals surface area contributed by atoms with Crippen molar-refractivity contribution in [2.45, 2.75) is 18.8 Å². The fourth-order valence-electron chi connectivity index (χ4n) is 3.34. The standard InChI is InChI=1S/C23H22N4O/c1-23(19-15-9-4-10-16-19)24-20(17-11-5-2-6-12-17)21(25-23)26-27-22(28)18-13-7-3-8-14-18/h2-16,21,25-26H,1H3,(H,27,28). The van der Waals surface area contributed by atoms with Crippen LogP contribution in [0.5, 0.6) is 0 Å². The second kappa shape index (κ2) is 7.76. The first-order valence-electron chi connectivity index (χ1n) is 9.25. The maximum atomic E-state index is 12.4. The molecule has 1 amide bonds. The molecule has 3 N–H and O–H groups in total. The summed E-state index contributed by atoms with van der Waals surface area (Å²) in [5.41, 5.74) is 8.81. The lowest BCUT2D eigenvalue weighted by Gasteiger charge is -2.25. The van der Waals surface area contributed by atoms with Crippen LogP contribution in [0.3, 0.4) is 0 Å². The minimum atomic E-state index is -0.596. The maximum Gasteiger partial charge on any atom is 0.265 e. The third kappa shape index (κ3) is 3.71. The number of aliphatic imine (C=N–C) groups is 1. The van der Waals surface area contributed by atoms with E-state index in [-0.39, 0.29) is 12.1 Å². The normalized spacial score (nSPS) is 21.2. The molecule has 2 atom stereocenters. The maximum absolute atomic E-state index is 12.4. The molecule has 0 aromatic heterocycles. The molecule has 3 aromatic carbocycles. The Morgan fingerprint density at radius 3 is 2.11 bits per heavy atom. The van der Waals surface area contributed by atoms with Gasteiger partial charge in [-0.05, 0) is 30.2 Å². The molecule has 5 heteroatoms. The zero-order valence-corrected chi connectivity index (χ0v) is 15.6. The molecule has 1 heterocycles. The first kappa shape index (κ1) is 18.1. The van der Waals surface area contributed by atoms with Gasteiger partial charge in [0, 0.05) is 5.56 Å². The van der Waals surface area contributed by atoms with Crippen molar-refractivity contribution in [3.8, 4) is 0 Å². The molecule has 0 saturated carbocycles. The Kier molecular flexibility index (Phi) is 5.02. The minimum absolute atomic E-state index is 0.192. The third-order valence-electron chi connectivity index (χ3n) is 4.81. The highest BCUT2D eigenvalue weighted by Gasteiger charge is 2.38. The summed E-state index contributed by atoms with van der Waals surface area (Å²) >= 11 is 0. The van der Waals surface area contributed by atoms with Gasteiger partial charge in [-0.25, -0.2) is 5.43 Å². The monoisotopic (exact) mass is 370 g/mol. The number of benzene rings is 3. The Balaban J connectivity index is 1.59. The van der Waals surface area contributed by atoms with Crippen molar-refractivity contribution in [3.63, 3.8) is 0 Å². The Morgan fingerprint density at radius 1 is 0.893 bits per heavy atom. The van der Waals surface area contributed by atoms with Crippen LogP contribution in [-0.4, -0.2) is 17.8 Å². The van der Waals surface area contributed by atoms with Gasteiger partial charge in [0.2, 0.25) is 0 Å². The molecule has 3 aromatic rings. The van der Waals surface area contributed by atoms with Crippen LogP contribution in [0.15, 0.2) is 96.0 Å². The number of nitrogens with zero attached hydrogens (tertiary/aromatic N) is 1. The number of hydrogen-bond donors (Lipinski definition) is 3. The van der Waals surface area contributed by atoms with Gasteiger partial charge in [0.1, 0.15) is 11.8 Å². The second-order valence-electron chi connectivity index (χ2n) is 6.84. The van der Waals surface area contributed by atoms with Gasteiger partial charge in [-0.3, -0.25) is 20.5 Å². The van der Waals surface area contributed by atoms with Gasteiger partial charge in [-0.15, -0.1) is 0 Å². The summed E-state index contributed by atoms with van der Waals surface area (Å²) in [4.78, 5) is 17.4. The van der Waals surface area contributed by atoms with E-state index < -0.39 is 5.66 Å². The van der Waals surface area contributed by atoms with Gasteiger partial charge in [-0.2, -0.15) is 0 Å². The molecule has 140 valence electrons. The average molecular weight is 370 g/mol. The molecule has 1 aliphatic rings. The lowest BCUT2D eigenvalue weighted by Crippen LogP contribution is -2.55. The van der Waals surface area contributed by atoms with Crippen LogP contribution in [0.2, 0.25) is 0 Å². The fourth-order valence-corrected chi connectivity index (χ4v) is 3.34. The van der Waals surface area contributed by atoms with Gasteiger partial charge in [-0.1, -0.05) is 78.9 Å². The van der Waals surface area contributed by atoms with Gasteiger partial charge in [0.05, 0.1) is 5.71 Å². The molecule has 1 aliphatic heterocycles. The van der Waals surface area contributed by atoms with Crippen LogP contribution >= 0.6 is 0 Å². The van der Waals surface area contributed by atoms with Gasteiger partial charge in [0.15, 0.2) is 0 Å². The van der Waals surface area contributed by atoms with Crippen LogP contribution in [0.25, 0.3) is 0 Å². The SMILES string of the molecule is CC1(c2ccccc2)N=C(c2ccccc2)C(NNC(=O)c2ccccc2)N1. The number of carbonyl (C=O) groups excluding carboxylic acids is 1. The van der Waals surface area contributed by atoms with Crippen molar-refractivity contribution < 1.29 is 4.79 Å². The van der Waals surface area contributed by atoms with Gasteiger partial charge < -0.3 is 0 Å². The van der Waals surface area contributed by atoms with Gasteiger partial charge in [0.25, 0.3) is 5.91 Å². The molecule has 4 rings (SSSR count). The zero-order valence-electron chi connectivity index (χ0n) is 15.6. The summed E-state index contributed by atoms with van der Waals surface area (Å²) in [5.74, 6) is -0.192. The third-order valence-corrected chi connectivity index (χ3v) is 4.81. The Labute approximate surface area is 164 Å². The number of nitrogens with one attached hydrogen (secondary N) is 3. The van der Waals surface area contributed by atoms with E-state index in [9.17, 15) is 4.79 Å². The highest BCUT2D eigenvalue weighted by molar-refractivity contribution is 6.06. The van der Waals surface area contributed by atoms with Crippen LogP contribution in [0.1, 0.15) is 28.4 Å². The molecule has 28 heavy (non-hydrogen) atoms. The van der Waals surface area contributed by atoms with E-state index in [2.05, 4.69) is 16.2 Å². The van der Waals surface area contributed by atoms with Crippen molar-refractivity contribution in [3.05, 3.63) is 108 Å². The van der Waals surface area contributed by atoms with E-state index >= 15 is 0 Å². The van der Waals surface area contributed by atoms with E-state index in [1.54, 1.807) is 12.1 Å². The average Bonchev–Trinajstić information content (AvgIpc) is 3.12. The molecule has 0 fully saturated rings. The van der Waals surface area contributed by atoms with E-state index in [1.807, 2.05) is 85.8 Å². The van der Waals surface area contributed by atoms with E-state index in [0.717, 1.165) is 16.8 Å². The summed E-state index contributed by atoms with van der Waals surface area (Å²) in [6.45, 7) is 2.03. The second-order valence-corrected chi connectivity index (χ2v) is 6.84. The number of amides is 1. The molecule has 0 bridgehead atoms. The topological polar surface area (TPSA) is 65.5 Å². The lowest BCUT2D eigenvalue weighted by atomic mass is 10.0. The van der Waals surface area contributed by atoms with Crippen LogP contribution in [0, 0.1) is 0 Å². The summed E-state index contributed by atoms with van der Waals surface area (Å²) in [6.07, 6.45) is -0.333. The summed E-state index contributed by atoms with van der Waals surface area (Å²) in [5, 5.41) is 3.51.